The predicted molar refractivity (Wildman–Crippen MR) is 93.7 cm³/mol. The van der Waals surface area contributed by atoms with E-state index >= 15 is 0 Å². The lowest BCUT2D eigenvalue weighted by Gasteiger charge is -2.17. The topological polar surface area (TPSA) is 54.0 Å². The minimum Gasteiger partial charge on any atom is -0.382 e. The van der Waals surface area contributed by atoms with Gasteiger partial charge < -0.3 is 9.47 Å². The molecule has 0 amide bonds. The fraction of sp³-hybridized carbons (Fsp3) is 1.00. The van der Waals surface area contributed by atoms with Gasteiger partial charge in [-0.25, -0.2) is 4.57 Å². The zero-order valence-electron chi connectivity index (χ0n) is 14.4. The first-order chi connectivity index (χ1) is 10.7. The first-order valence-electron chi connectivity index (χ1n) is 8.20. The summed E-state index contributed by atoms with van der Waals surface area (Å²) in [6.45, 7) is 0.525. The average molecular weight is 356 g/mol. The highest BCUT2D eigenvalue weighted by atomic mass is 32.7. The van der Waals surface area contributed by atoms with Crippen molar-refractivity contribution in [1.82, 2.24) is 0 Å². The van der Waals surface area contributed by atoms with Crippen LogP contribution in [0.25, 0.3) is 0 Å². The van der Waals surface area contributed by atoms with Gasteiger partial charge in [0.05, 0.1) is 26.4 Å². The summed E-state index contributed by atoms with van der Waals surface area (Å²) in [5.41, 5.74) is 0. The summed E-state index contributed by atoms with van der Waals surface area (Å²) in [7, 11) is 3.18. The van der Waals surface area contributed by atoms with Gasteiger partial charge in [-0.05, 0) is 17.8 Å². The van der Waals surface area contributed by atoms with E-state index in [4.69, 9.17) is 18.5 Å². The molecule has 0 atom stereocenters. The maximum Gasteiger partial charge on any atom is 0.389 e. The van der Waals surface area contributed by atoms with Gasteiger partial charge in [0, 0.05) is 20.0 Å². The van der Waals surface area contributed by atoms with Gasteiger partial charge in [0.25, 0.3) is 0 Å². The molecule has 7 heteroatoms. The molecule has 0 radical (unpaired) electrons. The van der Waals surface area contributed by atoms with Crippen LogP contribution in [-0.2, 0) is 23.1 Å². The highest BCUT2D eigenvalue weighted by molar-refractivity contribution is 8.55. The van der Waals surface area contributed by atoms with Crippen LogP contribution in [0.4, 0.5) is 0 Å². The lowest BCUT2D eigenvalue weighted by molar-refractivity contribution is 0.113. The molecular formula is C15H33O5PS. The second-order valence-corrected chi connectivity index (χ2v) is 9.25. The van der Waals surface area contributed by atoms with E-state index < -0.39 is 6.80 Å². The molecule has 0 unspecified atom stereocenters. The average Bonchev–Trinajstić information content (AvgIpc) is 2.51. The quantitative estimate of drug-likeness (QED) is 0.273. The molecule has 0 rings (SSSR count). The van der Waals surface area contributed by atoms with Crippen LogP contribution < -0.4 is 0 Å². The molecule has 0 aliphatic heterocycles. The number of unbranched alkanes of at least 4 members (excludes halogenated alkanes) is 6. The molecule has 0 bridgehead atoms. The SMILES string of the molecule is CCCCCCCCCSP(=O)(OCCOC)OCCOC. The Bertz CT molecular complexity index is 265. The lowest BCUT2D eigenvalue weighted by Crippen LogP contribution is -2.05. The largest absolute Gasteiger partial charge is 0.389 e. The number of methoxy groups -OCH3 is 2. The normalized spacial score (nSPS) is 12.0. The number of rotatable bonds is 17. The van der Waals surface area contributed by atoms with Crippen molar-refractivity contribution in [2.24, 2.45) is 0 Å². The third kappa shape index (κ3) is 14.0. The van der Waals surface area contributed by atoms with Crippen LogP contribution in [0.5, 0.6) is 0 Å². The molecule has 0 saturated heterocycles. The monoisotopic (exact) mass is 356 g/mol. The molecular weight excluding hydrogens is 323 g/mol. The number of hydrogen-bond donors (Lipinski definition) is 0. The molecule has 134 valence electrons. The van der Waals surface area contributed by atoms with E-state index in [9.17, 15) is 4.57 Å². The highest BCUT2D eigenvalue weighted by Crippen LogP contribution is 2.60. The van der Waals surface area contributed by atoms with Crippen LogP contribution in [0.1, 0.15) is 51.9 Å². The maximum absolute atomic E-state index is 12.5. The Labute approximate surface area is 140 Å². The van der Waals surface area contributed by atoms with Gasteiger partial charge in [0.1, 0.15) is 0 Å². The molecule has 5 nitrogen and oxygen atoms in total. The minimum atomic E-state index is -3.09. The summed E-state index contributed by atoms with van der Waals surface area (Å²) >= 11 is 1.29. The van der Waals surface area contributed by atoms with Gasteiger partial charge in [-0.1, -0.05) is 45.4 Å². The fourth-order valence-electron chi connectivity index (χ4n) is 1.81. The molecule has 0 aromatic rings. The van der Waals surface area contributed by atoms with Crippen LogP contribution in [0, 0.1) is 0 Å². The second-order valence-electron chi connectivity index (χ2n) is 5.05. The van der Waals surface area contributed by atoms with E-state index in [1.165, 1.54) is 49.9 Å². The van der Waals surface area contributed by atoms with E-state index in [0.717, 1.165) is 12.2 Å². The Balaban J connectivity index is 3.83. The second kappa shape index (κ2) is 16.3. The molecule has 0 heterocycles. The standard InChI is InChI=1S/C15H33O5PS/c1-4-5-6-7-8-9-10-15-22-21(16,19-13-11-17-2)20-14-12-18-3/h4-15H2,1-3H3. The van der Waals surface area contributed by atoms with Crippen LogP contribution >= 0.6 is 18.2 Å². The predicted octanol–water partition coefficient (Wildman–Crippen LogP) is 4.90. The van der Waals surface area contributed by atoms with Crippen molar-refractivity contribution >= 4 is 18.2 Å². The van der Waals surface area contributed by atoms with E-state index in [2.05, 4.69) is 6.92 Å². The number of hydrogen-bond acceptors (Lipinski definition) is 6. The van der Waals surface area contributed by atoms with Crippen LogP contribution in [0.15, 0.2) is 0 Å². The highest BCUT2D eigenvalue weighted by Gasteiger charge is 2.25. The van der Waals surface area contributed by atoms with E-state index in [1.807, 2.05) is 0 Å². The molecule has 0 aliphatic carbocycles. The minimum absolute atomic E-state index is 0.283. The Kier molecular flexibility index (Phi) is 16.6. The van der Waals surface area contributed by atoms with Gasteiger partial charge in [-0.3, -0.25) is 9.05 Å². The van der Waals surface area contributed by atoms with Crippen molar-refractivity contribution in [1.29, 1.82) is 0 Å². The van der Waals surface area contributed by atoms with E-state index in [-0.39, 0.29) is 13.2 Å². The number of ether oxygens (including phenoxy) is 2. The van der Waals surface area contributed by atoms with Gasteiger partial charge in [-0.15, -0.1) is 0 Å². The first-order valence-corrected chi connectivity index (χ1v) is 11.3. The van der Waals surface area contributed by atoms with E-state index in [0.29, 0.717) is 13.2 Å². The van der Waals surface area contributed by atoms with Crippen molar-refractivity contribution in [3.63, 3.8) is 0 Å². The van der Waals surface area contributed by atoms with Gasteiger partial charge >= 0.3 is 6.80 Å². The molecule has 0 aliphatic rings. The Morgan fingerprint density at radius 2 is 1.27 bits per heavy atom. The summed E-state index contributed by atoms with van der Waals surface area (Å²) in [6, 6.07) is 0. The zero-order valence-corrected chi connectivity index (χ0v) is 16.1. The van der Waals surface area contributed by atoms with Gasteiger partial charge in [0.15, 0.2) is 0 Å². The Hall–Kier alpha value is 0.420. The van der Waals surface area contributed by atoms with Crippen molar-refractivity contribution in [2.75, 3.05) is 46.4 Å². The van der Waals surface area contributed by atoms with Crippen molar-refractivity contribution < 1.29 is 23.1 Å². The van der Waals surface area contributed by atoms with Crippen molar-refractivity contribution in [2.45, 2.75) is 51.9 Å². The summed E-state index contributed by atoms with van der Waals surface area (Å²) in [6.07, 6.45) is 8.68. The van der Waals surface area contributed by atoms with Crippen LogP contribution in [0.2, 0.25) is 0 Å². The maximum atomic E-state index is 12.5. The van der Waals surface area contributed by atoms with Crippen LogP contribution in [-0.4, -0.2) is 46.4 Å². The summed E-state index contributed by atoms with van der Waals surface area (Å²) in [5, 5.41) is 0. The summed E-state index contributed by atoms with van der Waals surface area (Å²) in [4.78, 5) is 0. The van der Waals surface area contributed by atoms with Gasteiger partial charge in [-0.2, -0.15) is 0 Å². The molecule has 22 heavy (non-hydrogen) atoms. The smallest absolute Gasteiger partial charge is 0.382 e. The zero-order chi connectivity index (χ0) is 16.5. The lowest BCUT2D eigenvalue weighted by atomic mass is 10.1. The Morgan fingerprint density at radius 1 is 0.773 bits per heavy atom. The molecule has 0 N–H and O–H groups in total. The van der Waals surface area contributed by atoms with E-state index in [1.54, 1.807) is 14.2 Å². The first kappa shape index (κ1) is 22.4. The third-order valence-corrected chi connectivity index (χ3v) is 6.98. The van der Waals surface area contributed by atoms with Gasteiger partial charge in [0.2, 0.25) is 0 Å². The molecule has 0 saturated carbocycles. The molecule has 0 spiro atoms. The molecule has 0 fully saturated rings. The van der Waals surface area contributed by atoms with Crippen molar-refractivity contribution in [3.05, 3.63) is 0 Å². The van der Waals surface area contributed by atoms with Crippen LogP contribution in [0.3, 0.4) is 0 Å². The fourth-order valence-corrected chi connectivity index (χ4v) is 5.14. The summed E-state index contributed by atoms with van der Waals surface area (Å²) < 4.78 is 33.2. The summed E-state index contributed by atoms with van der Waals surface area (Å²) in [5.74, 6) is 0.797. The third-order valence-electron chi connectivity index (χ3n) is 3.07. The Morgan fingerprint density at radius 3 is 1.77 bits per heavy atom. The molecule has 0 aromatic carbocycles. The van der Waals surface area contributed by atoms with Crippen molar-refractivity contribution in [3.8, 4) is 0 Å². The molecule has 0 aromatic heterocycles.